The molecule has 0 fully saturated rings. The maximum Gasteiger partial charge on any atom is 0.238 e. The Labute approximate surface area is 140 Å². The third-order valence-electron chi connectivity index (χ3n) is 4.01. The van der Waals surface area contributed by atoms with Gasteiger partial charge in [0.1, 0.15) is 23.3 Å². The van der Waals surface area contributed by atoms with Crippen molar-refractivity contribution in [3.05, 3.63) is 41.0 Å². The van der Waals surface area contributed by atoms with E-state index in [1.54, 1.807) is 4.68 Å². The van der Waals surface area contributed by atoms with Crippen molar-refractivity contribution in [1.82, 2.24) is 25.1 Å². The Morgan fingerprint density at radius 3 is 2.71 bits per heavy atom. The van der Waals surface area contributed by atoms with Crippen LogP contribution in [0.2, 0.25) is 0 Å². The van der Waals surface area contributed by atoms with Crippen LogP contribution in [0.25, 0.3) is 0 Å². The molecule has 1 aromatic heterocycles. The third-order valence-corrected chi connectivity index (χ3v) is 4.24. The van der Waals surface area contributed by atoms with Gasteiger partial charge in [-0.1, -0.05) is 0 Å². The summed E-state index contributed by atoms with van der Waals surface area (Å²) >= 11 is 5.63. The van der Waals surface area contributed by atoms with Crippen LogP contribution in [0, 0.1) is 17.5 Å². The molecular formula is C14H13ClF3N5O. The number of nitrogens with zero attached hydrogens (tertiary/aromatic N) is 5. The van der Waals surface area contributed by atoms with E-state index in [-0.39, 0.29) is 24.0 Å². The van der Waals surface area contributed by atoms with Gasteiger partial charge in [0.2, 0.25) is 5.91 Å². The van der Waals surface area contributed by atoms with Crippen LogP contribution in [-0.4, -0.2) is 42.9 Å². The Morgan fingerprint density at radius 1 is 1.33 bits per heavy atom. The lowest BCUT2D eigenvalue weighted by Gasteiger charge is -2.33. The fraction of sp³-hybridized carbons (Fsp3) is 0.429. The van der Waals surface area contributed by atoms with Gasteiger partial charge < -0.3 is 4.90 Å². The van der Waals surface area contributed by atoms with E-state index in [1.807, 2.05) is 0 Å². The van der Waals surface area contributed by atoms with Crippen molar-refractivity contribution in [3.8, 4) is 0 Å². The number of fused-ring (bicyclic) bond motifs is 1. The number of benzene rings is 1. The molecule has 2 heterocycles. The highest BCUT2D eigenvalue weighted by Gasteiger charge is 2.30. The number of carbonyl (C=O) groups excluding carboxylic acids is 1. The number of alkyl halides is 1. The number of rotatable bonds is 4. The lowest BCUT2D eigenvalue weighted by atomic mass is 10.0. The van der Waals surface area contributed by atoms with Gasteiger partial charge in [-0.25, -0.2) is 17.9 Å². The number of halogens is 4. The number of hydrogen-bond donors (Lipinski definition) is 0. The zero-order valence-electron chi connectivity index (χ0n) is 12.4. The second-order valence-corrected chi connectivity index (χ2v) is 5.74. The molecule has 1 atom stereocenters. The van der Waals surface area contributed by atoms with Gasteiger partial charge in [0.05, 0.1) is 6.54 Å². The average molecular weight is 360 g/mol. The first kappa shape index (κ1) is 16.7. The number of amides is 1. The molecule has 2 aromatic rings. The quantitative estimate of drug-likeness (QED) is 0.779. The summed E-state index contributed by atoms with van der Waals surface area (Å²) in [4.78, 5) is 13.5. The summed E-state index contributed by atoms with van der Waals surface area (Å²) in [7, 11) is 0. The summed E-state index contributed by atoms with van der Waals surface area (Å²) in [6, 6.07) is 0.824. The van der Waals surface area contributed by atoms with Crippen LogP contribution in [0.15, 0.2) is 12.1 Å². The molecule has 24 heavy (non-hydrogen) atoms. The van der Waals surface area contributed by atoms with Gasteiger partial charge in [-0.15, -0.1) is 16.7 Å². The minimum Gasteiger partial charge on any atom is -0.334 e. The van der Waals surface area contributed by atoms with Crippen LogP contribution >= 0.6 is 11.6 Å². The second-order valence-electron chi connectivity index (χ2n) is 5.47. The van der Waals surface area contributed by atoms with E-state index in [4.69, 9.17) is 11.6 Å². The minimum atomic E-state index is -1.04. The maximum absolute atomic E-state index is 13.9. The van der Waals surface area contributed by atoms with Crippen LogP contribution in [0.1, 0.15) is 17.8 Å². The predicted molar refractivity (Wildman–Crippen MR) is 77.5 cm³/mol. The molecule has 0 N–H and O–H groups in total. The summed E-state index contributed by atoms with van der Waals surface area (Å²) in [5, 5.41) is 11.2. The summed E-state index contributed by atoms with van der Waals surface area (Å²) in [5.74, 6) is -3.31. The first-order valence-corrected chi connectivity index (χ1v) is 7.77. The zero-order valence-corrected chi connectivity index (χ0v) is 13.2. The van der Waals surface area contributed by atoms with E-state index >= 15 is 0 Å². The molecule has 10 heteroatoms. The van der Waals surface area contributed by atoms with Crippen molar-refractivity contribution in [2.24, 2.45) is 0 Å². The van der Waals surface area contributed by atoms with E-state index in [0.717, 1.165) is 0 Å². The molecule has 0 radical (unpaired) electrons. The number of carbonyl (C=O) groups is 1. The molecule has 0 saturated carbocycles. The number of aromatic nitrogens is 4. The van der Waals surface area contributed by atoms with Gasteiger partial charge in [0.25, 0.3) is 0 Å². The molecule has 0 bridgehead atoms. The Kier molecular flexibility index (Phi) is 4.70. The molecule has 128 valence electrons. The summed E-state index contributed by atoms with van der Waals surface area (Å²) in [6.45, 7) is 0.142. The van der Waals surface area contributed by atoms with Crippen LogP contribution in [0.4, 0.5) is 13.2 Å². The molecule has 0 spiro atoms. The number of aryl methyl sites for hydroxylation is 1. The maximum atomic E-state index is 13.9. The topological polar surface area (TPSA) is 63.9 Å². The van der Waals surface area contributed by atoms with Crippen LogP contribution < -0.4 is 0 Å². The molecule has 0 saturated heterocycles. The van der Waals surface area contributed by atoms with E-state index in [0.29, 0.717) is 37.3 Å². The standard InChI is InChI=1S/C14H13ClF3N5O/c15-6-14(24)22(7-10-11(17)3-8(16)4-12(10)18)9-1-2-23-13(5-9)19-20-21-23/h3-4,9H,1-2,5-7H2. The lowest BCUT2D eigenvalue weighted by Crippen LogP contribution is -2.45. The van der Waals surface area contributed by atoms with Gasteiger partial charge in [-0.05, 0) is 16.8 Å². The Bertz CT molecular complexity index is 746. The van der Waals surface area contributed by atoms with Crippen molar-refractivity contribution in [2.75, 3.05) is 5.88 Å². The highest BCUT2D eigenvalue weighted by atomic mass is 35.5. The van der Waals surface area contributed by atoms with E-state index in [1.165, 1.54) is 4.90 Å². The second kappa shape index (κ2) is 6.76. The van der Waals surface area contributed by atoms with Crippen LogP contribution in [-0.2, 0) is 24.3 Å². The highest BCUT2D eigenvalue weighted by molar-refractivity contribution is 6.27. The predicted octanol–water partition coefficient (Wildman–Crippen LogP) is 1.67. The number of hydrogen-bond acceptors (Lipinski definition) is 4. The van der Waals surface area contributed by atoms with Gasteiger partial charge in [0, 0.05) is 36.7 Å². The number of tetrazole rings is 1. The largest absolute Gasteiger partial charge is 0.334 e. The molecule has 1 aliphatic rings. The molecule has 1 unspecified atom stereocenters. The molecule has 3 rings (SSSR count). The van der Waals surface area contributed by atoms with Gasteiger partial charge >= 0.3 is 0 Å². The lowest BCUT2D eigenvalue weighted by molar-refractivity contribution is -0.132. The van der Waals surface area contributed by atoms with Gasteiger partial charge in [0.15, 0.2) is 5.82 Å². The van der Waals surface area contributed by atoms with Crippen molar-refractivity contribution in [2.45, 2.75) is 32.0 Å². The first-order chi connectivity index (χ1) is 11.5. The fourth-order valence-corrected chi connectivity index (χ4v) is 2.94. The van der Waals surface area contributed by atoms with E-state index in [2.05, 4.69) is 15.5 Å². The molecule has 6 nitrogen and oxygen atoms in total. The first-order valence-electron chi connectivity index (χ1n) is 7.23. The summed E-state index contributed by atoms with van der Waals surface area (Å²) in [5.41, 5.74) is -0.375. The van der Waals surface area contributed by atoms with Crippen molar-refractivity contribution < 1.29 is 18.0 Å². The molecule has 1 aliphatic heterocycles. The van der Waals surface area contributed by atoms with Crippen molar-refractivity contribution in [1.29, 1.82) is 0 Å². The van der Waals surface area contributed by atoms with Crippen LogP contribution in [0.3, 0.4) is 0 Å². The third kappa shape index (κ3) is 3.21. The highest BCUT2D eigenvalue weighted by Crippen LogP contribution is 2.23. The van der Waals surface area contributed by atoms with Gasteiger partial charge in [-0.2, -0.15) is 0 Å². The minimum absolute atomic E-state index is 0.328. The molecule has 1 aromatic carbocycles. The average Bonchev–Trinajstić information content (AvgIpc) is 3.01. The summed E-state index contributed by atoms with van der Waals surface area (Å²) in [6.07, 6.45) is 0.866. The summed E-state index contributed by atoms with van der Waals surface area (Å²) < 4.78 is 42.5. The Balaban J connectivity index is 1.87. The Hall–Kier alpha value is -2.16. The Morgan fingerprint density at radius 2 is 2.04 bits per heavy atom. The smallest absolute Gasteiger partial charge is 0.238 e. The zero-order chi connectivity index (χ0) is 17.3. The monoisotopic (exact) mass is 359 g/mol. The normalized spacial score (nSPS) is 16.8. The SMILES string of the molecule is O=C(CCl)N(Cc1c(F)cc(F)cc1F)C1CCn2nnnc2C1. The van der Waals surface area contributed by atoms with Crippen molar-refractivity contribution >= 4 is 17.5 Å². The van der Waals surface area contributed by atoms with E-state index < -0.39 is 23.4 Å². The molecule has 0 aliphatic carbocycles. The van der Waals surface area contributed by atoms with Crippen LogP contribution in [0.5, 0.6) is 0 Å². The fourth-order valence-electron chi connectivity index (χ4n) is 2.78. The van der Waals surface area contributed by atoms with Gasteiger partial charge in [-0.3, -0.25) is 4.79 Å². The van der Waals surface area contributed by atoms with Crippen molar-refractivity contribution in [3.63, 3.8) is 0 Å². The van der Waals surface area contributed by atoms with E-state index in [9.17, 15) is 18.0 Å². The molecule has 1 amide bonds. The molecular weight excluding hydrogens is 347 g/mol.